The van der Waals surface area contributed by atoms with Crippen molar-refractivity contribution in [1.29, 1.82) is 0 Å². The Morgan fingerprint density at radius 3 is 2.89 bits per heavy atom. The second-order valence-corrected chi connectivity index (χ2v) is 5.27. The van der Waals surface area contributed by atoms with Gasteiger partial charge in [0.15, 0.2) is 0 Å². The van der Waals surface area contributed by atoms with Crippen molar-refractivity contribution in [3.05, 3.63) is 35.0 Å². The summed E-state index contributed by atoms with van der Waals surface area (Å²) in [6.45, 7) is 0. The highest BCUT2D eigenvalue weighted by atomic mass is 32.2. The van der Waals surface area contributed by atoms with Gasteiger partial charge < -0.3 is 14.8 Å². The van der Waals surface area contributed by atoms with Gasteiger partial charge in [-0.25, -0.2) is 4.98 Å². The zero-order valence-corrected chi connectivity index (χ0v) is 10.1. The van der Waals surface area contributed by atoms with Gasteiger partial charge in [0.05, 0.1) is 17.7 Å². The van der Waals surface area contributed by atoms with Crippen LogP contribution in [-0.2, 0) is 9.59 Å². The van der Waals surface area contributed by atoms with Crippen LogP contribution in [0.4, 0.5) is 0 Å². The van der Waals surface area contributed by atoms with E-state index in [-0.39, 0.29) is 17.6 Å². The summed E-state index contributed by atoms with van der Waals surface area (Å²) in [7, 11) is 0. The van der Waals surface area contributed by atoms with Crippen LogP contribution in [0.25, 0.3) is 0 Å². The zero-order valence-electron chi connectivity index (χ0n) is 9.33. The summed E-state index contributed by atoms with van der Waals surface area (Å²) in [4.78, 5) is 28.7. The number of fused-ring (bicyclic) bond motifs is 1. The van der Waals surface area contributed by atoms with Crippen molar-refractivity contribution in [3.8, 4) is 0 Å². The number of β-lactam (4-membered cyclic amide) rings is 1. The molecule has 1 unspecified atom stereocenters. The molecule has 1 aromatic heterocycles. The second kappa shape index (κ2) is 4.13. The molecule has 5 nitrogen and oxygen atoms in total. The van der Waals surface area contributed by atoms with Crippen LogP contribution in [0.1, 0.15) is 12.8 Å². The van der Waals surface area contributed by atoms with Gasteiger partial charge in [0, 0.05) is 23.9 Å². The number of carboxylic acid groups (broad SMARTS) is 1. The second-order valence-electron chi connectivity index (χ2n) is 4.16. The van der Waals surface area contributed by atoms with Crippen molar-refractivity contribution in [2.45, 2.75) is 23.9 Å². The van der Waals surface area contributed by atoms with Crippen molar-refractivity contribution in [2.24, 2.45) is 0 Å². The van der Waals surface area contributed by atoms with Crippen LogP contribution >= 0.6 is 11.8 Å². The van der Waals surface area contributed by atoms with Crippen molar-refractivity contribution in [2.75, 3.05) is 0 Å². The molecule has 6 heteroatoms. The Bertz CT molecular complexity index is 556. The topological polar surface area (TPSA) is 73.3 Å². The number of aromatic nitrogens is 1. The monoisotopic (exact) mass is 261 g/mol. The first-order chi connectivity index (χ1) is 8.66. The third-order valence-electron chi connectivity index (χ3n) is 3.03. The molecule has 2 aliphatic rings. The van der Waals surface area contributed by atoms with Gasteiger partial charge in [-0.05, 0) is 12.1 Å². The van der Waals surface area contributed by atoms with Crippen LogP contribution in [0, 0.1) is 0 Å². The van der Waals surface area contributed by atoms with Gasteiger partial charge in [0.2, 0.25) is 5.91 Å². The zero-order chi connectivity index (χ0) is 12.7. The molecule has 1 amide bonds. The predicted molar refractivity (Wildman–Crippen MR) is 62.0 cm³/mol. The molecule has 0 saturated carbocycles. The molecule has 3 rings (SSSR count). The molecule has 0 N–H and O–H groups in total. The van der Waals surface area contributed by atoms with E-state index in [0.717, 1.165) is 5.03 Å². The molecule has 92 valence electrons. The van der Waals surface area contributed by atoms with Crippen LogP contribution in [-0.4, -0.2) is 27.8 Å². The SMILES string of the molecule is O=C([O-])C1=C(Sc2ccccn2)CC2CC(=O)N12. The number of carbonyl (C=O) groups excluding carboxylic acids is 2. The number of hydrogen-bond acceptors (Lipinski definition) is 5. The minimum atomic E-state index is -1.29. The molecule has 2 aliphatic heterocycles. The third-order valence-corrected chi connectivity index (χ3v) is 4.09. The fraction of sp³-hybridized carbons (Fsp3) is 0.250. The van der Waals surface area contributed by atoms with E-state index in [9.17, 15) is 14.7 Å². The molecule has 1 atom stereocenters. The molecule has 3 heterocycles. The maximum absolute atomic E-state index is 11.4. The number of hydrogen-bond donors (Lipinski definition) is 0. The van der Waals surface area contributed by atoms with Gasteiger partial charge in [0.25, 0.3) is 0 Å². The summed E-state index contributed by atoms with van der Waals surface area (Å²) in [5.41, 5.74) is 0.0203. The number of rotatable bonds is 3. The molecule has 0 aromatic carbocycles. The molecule has 1 saturated heterocycles. The Labute approximate surface area is 108 Å². The first-order valence-electron chi connectivity index (χ1n) is 5.52. The maximum atomic E-state index is 11.4. The smallest absolute Gasteiger partial charge is 0.229 e. The summed E-state index contributed by atoms with van der Waals surface area (Å²) >= 11 is 1.29. The van der Waals surface area contributed by atoms with E-state index in [4.69, 9.17) is 0 Å². The lowest BCUT2D eigenvalue weighted by Gasteiger charge is -2.36. The number of pyridine rings is 1. The number of thioether (sulfide) groups is 1. The molecular weight excluding hydrogens is 252 g/mol. The quantitative estimate of drug-likeness (QED) is 0.724. The molecule has 0 aliphatic carbocycles. The van der Waals surface area contributed by atoms with E-state index in [1.807, 2.05) is 12.1 Å². The highest BCUT2D eigenvalue weighted by molar-refractivity contribution is 8.03. The van der Waals surface area contributed by atoms with Crippen molar-refractivity contribution in [3.63, 3.8) is 0 Å². The summed E-state index contributed by atoms with van der Waals surface area (Å²) in [5, 5.41) is 11.9. The largest absolute Gasteiger partial charge is 0.543 e. The first-order valence-corrected chi connectivity index (χ1v) is 6.34. The average molecular weight is 261 g/mol. The Hall–Kier alpha value is -1.82. The van der Waals surface area contributed by atoms with E-state index in [1.54, 1.807) is 12.3 Å². The van der Waals surface area contributed by atoms with E-state index in [1.165, 1.54) is 16.7 Å². The summed E-state index contributed by atoms with van der Waals surface area (Å²) in [6, 6.07) is 5.44. The van der Waals surface area contributed by atoms with Gasteiger partial charge >= 0.3 is 0 Å². The van der Waals surface area contributed by atoms with Gasteiger partial charge in [-0.2, -0.15) is 0 Å². The minimum Gasteiger partial charge on any atom is -0.543 e. The summed E-state index contributed by atoms with van der Waals surface area (Å²) < 4.78 is 0. The maximum Gasteiger partial charge on any atom is 0.229 e. The fourth-order valence-corrected chi connectivity index (χ4v) is 3.30. The van der Waals surface area contributed by atoms with Gasteiger partial charge in [-0.1, -0.05) is 17.8 Å². The number of carboxylic acids is 1. The van der Waals surface area contributed by atoms with E-state index >= 15 is 0 Å². The van der Waals surface area contributed by atoms with Gasteiger partial charge in [-0.15, -0.1) is 0 Å². The van der Waals surface area contributed by atoms with E-state index in [2.05, 4.69) is 4.98 Å². The summed E-state index contributed by atoms with van der Waals surface area (Å²) in [6.07, 6.45) is 2.65. The van der Waals surface area contributed by atoms with E-state index < -0.39 is 5.97 Å². The van der Waals surface area contributed by atoms with Crippen LogP contribution in [0.2, 0.25) is 0 Å². The molecule has 0 bridgehead atoms. The summed E-state index contributed by atoms with van der Waals surface area (Å²) in [5.74, 6) is -1.43. The first kappa shape index (κ1) is 11.3. The standard InChI is InChI=1S/C12H10N2O3S/c15-10-6-7-5-8(11(12(16)17)14(7)10)18-9-3-1-2-4-13-9/h1-4,7H,5-6H2,(H,16,17)/p-1. The fourth-order valence-electron chi connectivity index (χ4n) is 2.23. The highest BCUT2D eigenvalue weighted by Gasteiger charge is 2.45. The third kappa shape index (κ3) is 1.69. The molecule has 0 radical (unpaired) electrons. The molecule has 0 spiro atoms. The molecule has 1 fully saturated rings. The van der Waals surface area contributed by atoms with Gasteiger partial charge in [0.1, 0.15) is 5.03 Å². The Morgan fingerprint density at radius 1 is 1.44 bits per heavy atom. The minimum absolute atomic E-state index is 0.00314. The number of amides is 1. The van der Waals surface area contributed by atoms with Gasteiger partial charge in [-0.3, -0.25) is 4.79 Å². The van der Waals surface area contributed by atoms with Crippen LogP contribution in [0.3, 0.4) is 0 Å². The Balaban J connectivity index is 1.91. The van der Waals surface area contributed by atoms with Crippen molar-refractivity contribution < 1.29 is 14.7 Å². The van der Waals surface area contributed by atoms with Crippen molar-refractivity contribution in [1.82, 2.24) is 9.88 Å². The lowest BCUT2D eigenvalue weighted by atomic mass is 10.0. The Kier molecular flexibility index (Phi) is 2.59. The normalized spacial score (nSPS) is 21.9. The Morgan fingerprint density at radius 2 is 2.28 bits per heavy atom. The van der Waals surface area contributed by atoms with Crippen LogP contribution < -0.4 is 5.11 Å². The van der Waals surface area contributed by atoms with Crippen LogP contribution in [0.5, 0.6) is 0 Å². The lowest BCUT2D eigenvalue weighted by Crippen LogP contribution is -2.51. The molecule has 18 heavy (non-hydrogen) atoms. The van der Waals surface area contributed by atoms with Crippen LogP contribution in [0.15, 0.2) is 40.0 Å². The number of aliphatic carboxylic acids is 1. The number of nitrogens with zero attached hydrogens (tertiary/aromatic N) is 2. The van der Waals surface area contributed by atoms with Crippen molar-refractivity contribution >= 4 is 23.6 Å². The van der Waals surface area contributed by atoms with E-state index in [0.29, 0.717) is 17.7 Å². The molecule has 1 aromatic rings. The predicted octanol–water partition coefficient (Wildman–Crippen LogP) is 0.140. The molecular formula is C12H9N2O3S-. The average Bonchev–Trinajstić information content (AvgIpc) is 2.63. The lowest BCUT2D eigenvalue weighted by molar-refractivity contribution is -0.301. The number of carbonyl (C=O) groups is 2. The highest BCUT2D eigenvalue weighted by Crippen LogP contribution is 2.44.